The third kappa shape index (κ3) is 3.60. The average Bonchev–Trinajstić information content (AvgIpc) is 2.42. The van der Waals surface area contributed by atoms with Crippen molar-refractivity contribution < 1.29 is 0 Å². The van der Waals surface area contributed by atoms with Gasteiger partial charge in [0.2, 0.25) is 0 Å². The van der Waals surface area contributed by atoms with Crippen molar-refractivity contribution in [1.82, 2.24) is 4.98 Å². The molecule has 2 aromatic rings. The summed E-state index contributed by atoms with van der Waals surface area (Å²) in [6, 6.07) is 10.8. The Morgan fingerprint density at radius 2 is 1.85 bits per heavy atom. The maximum Gasteiger partial charge on any atom is 0.128 e. The summed E-state index contributed by atoms with van der Waals surface area (Å²) in [5.74, 6) is 1.02. The number of anilines is 1. The molecule has 0 aliphatic rings. The van der Waals surface area contributed by atoms with Gasteiger partial charge in [0.25, 0.3) is 0 Å². The number of nitrogens with zero attached hydrogens (tertiary/aromatic N) is 2. The van der Waals surface area contributed by atoms with Gasteiger partial charge in [-0.05, 0) is 66.4 Å². The molecule has 0 aliphatic carbocycles. The molecule has 2 nitrogen and oxygen atoms in total. The second-order valence-electron chi connectivity index (χ2n) is 5.34. The summed E-state index contributed by atoms with van der Waals surface area (Å²) in [4.78, 5) is 6.81. The topological polar surface area (TPSA) is 16.1 Å². The molecule has 0 bridgehead atoms. The van der Waals surface area contributed by atoms with E-state index in [1.165, 1.54) is 16.7 Å². The van der Waals surface area contributed by atoms with Crippen LogP contribution in [0.25, 0.3) is 0 Å². The smallest absolute Gasteiger partial charge is 0.128 e. The van der Waals surface area contributed by atoms with Gasteiger partial charge in [0.15, 0.2) is 0 Å². The quantitative estimate of drug-likeness (QED) is 0.822. The summed E-state index contributed by atoms with van der Waals surface area (Å²) >= 11 is 3.49. The second-order valence-corrected chi connectivity index (χ2v) is 6.19. The first-order chi connectivity index (χ1) is 9.47. The van der Waals surface area contributed by atoms with Gasteiger partial charge in [-0.1, -0.05) is 23.8 Å². The van der Waals surface area contributed by atoms with Gasteiger partial charge in [0, 0.05) is 18.1 Å². The average molecular weight is 333 g/mol. The predicted octanol–water partition coefficient (Wildman–Crippen LogP) is 4.45. The predicted molar refractivity (Wildman–Crippen MR) is 89.6 cm³/mol. The van der Waals surface area contributed by atoms with Crippen molar-refractivity contribution in [3.8, 4) is 0 Å². The molecule has 0 spiro atoms. The Labute approximate surface area is 130 Å². The molecule has 3 heteroatoms. The van der Waals surface area contributed by atoms with E-state index in [2.05, 4.69) is 77.0 Å². The second kappa shape index (κ2) is 6.40. The molecule has 0 amide bonds. The molecule has 1 heterocycles. The lowest BCUT2D eigenvalue weighted by Crippen LogP contribution is -2.21. The molecule has 0 unspecified atom stereocenters. The fourth-order valence-electron chi connectivity index (χ4n) is 2.22. The van der Waals surface area contributed by atoms with E-state index in [4.69, 9.17) is 0 Å². The van der Waals surface area contributed by atoms with Crippen molar-refractivity contribution in [3.63, 3.8) is 0 Å². The van der Waals surface area contributed by atoms with Crippen molar-refractivity contribution >= 4 is 21.7 Å². The van der Waals surface area contributed by atoms with Crippen LogP contribution in [0.2, 0.25) is 0 Å². The van der Waals surface area contributed by atoms with Crippen LogP contribution >= 0.6 is 15.9 Å². The molecule has 20 heavy (non-hydrogen) atoms. The first-order valence-electron chi connectivity index (χ1n) is 6.88. The Balaban J connectivity index is 2.06. The summed E-state index contributed by atoms with van der Waals surface area (Å²) in [5, 5.41) is 0. The molecule has 0 fully saturated rings. The number of pyridine rings is 1. The minimum Gasteiger partial charge on any atom is -0.359 e. The zero-order chi connectivity index (χ0) is 14.7. The maximum absolute atomic E-state index is 4.60. The standard InChI is InChI=1S/C17H21BrN2/c1-12-5-6-13(2)15(11-12)9-10-20(4)17-8-7-16(18)14(3)19-17/h5-8,11H,9-10H2,1-4H3. The number of halogens is 1. The van der Waals surface area contributed by atoms with Crippen LogP contribution in [0, 0.1) is 20.8 Å². The number of hydrogen-bond acceptors (Lipinski definition) is 2. The number of benzene rings is 1. The molecule has 106 valence electrons. The summed E-state index contributed by atoms with van der Waals surface area (Å²) < 4.78 is 1.06. The lowest BCUT2D eigenvalue weighted by Gasteiger charge is -2.19. The number of likely N-dealkylation sites (N-methyl/N-ethyl adjacent to an activating group) is 1. The highest BCUT2D eigenvalue weighted by Crippen LogP contribution is 2.19. The molecule has 0 atom stereocenters. The van der Waals surface area contributed by atoms with E-state index >= 15 is 0 Å². The maximum atomic E-state index is 4.60. The first-order valence-corrected chi connectivity index (χ1v) is 7.67. The summed E-state index contributed by atoms with van der Waals surface area (Å²) in [5.41, 5.74) is 5.14. The Morgan fingerprint density at radius 1 is 1.10 bits per heavy atom. The van der Waals surface area contributed by atoms with Gasteiger partial charge in [-0.25, -0.2) is 4.98 Å². The molecule has 0 saturated heterocycles. The van der Waals surface area contributed by atoms with Crippen molar-refractivity contribution in [1.29, 1.82) is 0 Å². The van der Waals surface area contributed by atoms with E-state index in [1.54, 1.807) is 0 Å². The van der Waals surface area contributed by atoms with E-state index in [0.717, 1.165) is 29.0 Å². The largest absolute Gasteiger partial charge is 0.359 e. The van der Waals surface area contributed by atoms with Gasteiger partial charge in [0.05, 0.1) is 5.69 Å². The highest BCUT2D eigenvalue weighted by molar-refractivity contribution is 9.10. The third-order valence-electron chi connectivity index (χ3n) is 3.62. The Bertz CT molecular complexity index is 608. The number of rotatable bonds is 4. The van der Waals surface area contributed by atoms with Crippen LogP contribution < -0.4 is 4.90 Å². The van der Waals surface area contributed by atoms with Crippen molar-refractivity contribution in [3.05, 3.63) is 57.2 Å². The molecular weight excluding hydrogens is 312 g/mol. The molecule has 1 aromatic carbocycles. The summed E-state index contributed by atoms with van der Waals surface area (Å²) in [6.07, 6.45) is 1.04. The van der Waals surface area contributed by atoms with E-state index in [0.29, 0.717) is 0 Å². The highest BCUT2D eigenvalue weighted by Gasteiger charge is 2.06. The molecule has 0 radical (unpaired) electrons. The zero-order valence-corrected chi connectivity index (χ0v) is 14.2. The molecule has 0 aliphatic heterocycles. The van der Waals surface area contributed by atoms with Crippen LogP contribution in [0.5, 0.6) is 0 Å². The molecule has 1 aromatic heterocycles. The normalized spacial score (nSPS) is 10.7. The van der Waals surface area contributed by atoms with E-state index in [9.17, 15) is 0 Å². The summed E-state index contributed by atoms with van der Waals surface area (Å²) in [6.45, 7) is 7.31. The SMILES string of the molecule is Cc1ccc(C)c(CCN(C)c2ccc(Br)c(C)n2)c1. The molecule has 2 rings (SSSR count). The Morgan fingerprint density at radius 3 is 2.55 bits per heavy atom. The number of aryl methyl sites for hydroxylation is 3. The highest BCUT2D eigenvalue weighted by atomic mass is 79.9. The van der Waals surface area contributed by atoms with E-state index in [-0.39, 0.29) is 0 Å². The van der Waals surface area contributed by atoms with Crippen molar-refractivity contribution in [2.24, 2.45) is 0 Å². The fourth-order valence-corrected chi connectivity index (χ4v) is 2.44. The van der Waals surface area contributed by atoms with Gasteiger partial charge in [-0.15, -0.1) is 0 Å². The van der Waals surface area contributed by atoms with Gasteiger partial charge >= 0.3 is 0 Å². The van der Waals surface area contributed by atoms with Crippen LogP contribution in [0.15, 0.2) is 34.8 Å². The Hall–Kier alpha value is -1.35. The van der Waals surface area contributed by atoms with Gasteiger partial charge in [-0.3, -0.25) is 0 Å². The van der Waals surface area contributed by atoms with Crippen LogP contribution in [0.3, 0.4) is 0 Å². The molecule has 0 saturated carbocycles. The zero-order valence-electron chi connectivity index (χ0n) is 12.6. The van der Waals surface area contributed by atoms with Gasteiger partial charge in [-0.2, -0.15) is 0 Å². The minimum absolute atomic E-state index is 0.971. The van der Waals surface area contributed by atoms with Crippen molar-refractivity contribution in [2.75, 3.05) is 18.5 Å². The number of hydrogen-bond donors (Lipinski definition) is 0. The van der Waals surface area contributed by atoms with Gasteiger partial charge in [0.1, 0.15) is 5.82 Å². The van der Waals surface area contributed by atoms with Crippen LogP contribution in [-0.2, 0) is 6.42 Å². The first kappa shape index (κ1) is 15.0. The Kier molecular flexibility index (Phi) is 4.81. The van der Waals surface area contributed by atoms with Crippen LogP contribution in [-0.4, -0.2) is 18.6 Å². The van der Waals surface area contributed by atoms with E-state index in [1.807, 2.05) is 6.92 Å². The summed E-state index contributed by atoms with van der Waals surface area (Å²) in [7, 11) is 2.10. The van der Waals surface area contributed by atoms with Crippen LogP contribution in [0.1, 0.15) is 22.4 Å². The van der Waals surface area contributed by atoms with Gasteiger partial charge < -0.3 is 4.90 Å². The molecule has 0 N–H and O–H groups in total. The lowest BCUT2D eigenvalue weighted by molar-refractivity contribution is 0.850. The van der Waals surface area contributed by atoms with Crippen molar-refractivity contribution in [2.45, 2.75) is 27.2 Å². The fraction of sp³-hybridized carbons (Fsp3) is 0.353. The third-order valence-corrected chi connectivity index (χ3v) is 4.46. The van der Waals surface area contributed by atoms with E-state index < -0.39 is 0 Å². The number of aromatic nitrogens is 1. The lowest BCUT2D eigenvalue weighted by atomic mass is 10.0. The van der Waals surface area contributed by atoms with Crippen LogP contribution in [0.4, 0.5) is 5.82 Å². The monoisotopic (exact) mass is 332 g/mol. The minimum atomic E-state index is 0.971. The molecular formula is C17H21BrN2.